The maximum Gasteiger partial charge on any atom is 0.195 e. The van der Waals surface area contributed by atoms with Crippen molar-refractivity contribution in [2.45, 2.75) is 6.92 Å². The summed E-state index contributed by atoms with van der Waals surface area (Å²) in [6.45, 7) is 2.00. The van der Waals surface area contributed by atoms with Crippen LogP contribution < -0.4 is 0 Å². The number of halogens is 2. The highest BCUT2D eigenvalue weighted by Crippen LogP contribution is 2.27. The molecule has 2 nitrogen and oxygen atoms in total. The first-order valence-electron chi connectivity index (χ1n) is 6.14. The number of fused-ring (bicyclic) bond motifs is 1. The van der Waals surface area contributed by atoms with Crippen molar-refractivity contribution in [3.63, 3.8) is 0 Å². The maximum absolute atomic E-state index is 12.7. The molecule has 0 atom stereocenters. The Labute approximate surface area is 129 Å². The molecule has 3 aromatic rings. The minimum atomic E-state index is -0.0336. The molecule has 0 saturated heterocycles. The fraction of sp³-hybridized carbons (Fsp3) is 0.0625. The normalized spacial score (nSPS) is 10.9. The van der Waals surface area contributed by atoms with Crippen LogP contribution in [0.5, 0.6) is 0 Å². The first-order valence-corrected chi connectivity index (χ1v) is 7.31. The monoisotopic (exact) mass is 347 g/mol. The van der Waals surface area contributed by atoms with Gasteiger partial charge in [-0.05, 0) is 36.8 Å². The van der Waals surface area contributed by atoms with Crippen molar-refractivity contribution >= 4 is 44.2 Å². The first kappa shape index (κ1) is 13.4. The molecule has 1 N–H and O–H groups in total. The molecule has 0 radical (unpaired) electrons. The molecule has 0 saturated carbocycles. The number of rotatable bonds is 2. The van der Waals surface area contributed by atoms with E-state index in [9.17, 15) is 4.79 Å². The number of hydrogen-bond donors (Lipinski definition) is 1. The number of aryl methyl sites for hydroxylation is 1. The molecule has 100 valence electrons. The van der Waals surface area contributed by atoms with Gasteiger partial charge >= 0.3 is 0 Å². The van der Waals surface area contributed by atoms with Crippen molar-refractivity contribution in [3.05, 3.63) is 68.8 Å². The first-order chi connectivity index (χ1) is 9.56. The Morgan fingerprint density at radius 3 is 2.80 bits per heavy atom. The summed E-state index contributed by atoms with van der Waals surface area (Å²) in [5.41, 5.74) is 3.29. The van der Waals surface area contributed by atoms with Gasteiger partial charge in [0.15, 0.2) is 5.78 Å². The zero-order chi connectivity index (χ0) is 14.3. The number of aromatic amines is 1. The quantitative estimate of drug-likeness (QED) is 0.640. The third-order valence-electron chi connectivity index (χ3n) is 3.28. The lowest BCUT2D eigenvalue weighted by Gasteiger charge is -2.03. The summed E-state index contributed by atoms with van der Waals surface area (Å²) >= 11 is 9.38. The number of nitrogens with one attached hydrogen (secondary N) is 1. The van der Waals surface area contributed by atoms with Crippen LogP contribution in [0.1, 0.15) is 21.5 Å². The van der Waals surface area contributed by atoms with Crippen molar-refractivity contribution < 1.29 is 4.79 Å². The van der Waals surface area contributed by atoms with E-state index in [-0.39, 0.29) is 5.78 Å². The molecule has 0 aliphatic rings. The lowest BCUT2D eigenvalue weighted by molar-refractivity contribution is 0.104. The Morgan fingerprint density at radius 1 is 1.25 bits per heavy atom. The lowest BCUT2D eigenvalue weighted by Crippen LogP contribution is -2.01. The molecule has 4 heteroatoms. The second-order valence-corrected chi connectivity index (χ2v) is 6.04. The highest BCUT2D eigenvalue weighted by atomic mass is 79.9. The SMILES string of the molecule is Cc1cccc2[nH]cc(C(=O)c3cc(Cl)cc(Br)c3)c12. The van der Waals surface area contributed by atoms with Gasteiger partial charge in [-0.2, -0.15) is 0 Å². The molecule has 20 heavy (non-hydrogen) atoms. The highest BCUT2D eigenvalue weighted by Gasteiger charge is 2.16. The highest BCUT2D eigenvalue weighted by molar-refractivity contribution is 9.10. The van der Waals surface area contributed by atoms with Crippen LogP contribution in [0.15, 0.2) is 47.1 Å². The summed E-state index contributed by atoms with van der Waals surface area (Å²) in [7, 11) is 0. The van der Waals surface area contributed by atoms with E-state index in [1.165, 1.54) is 0 Å². The number of benzene rings is 2. The molecular weight excluding hydrogens is 338 g/mol. The maximum atomic E-state index is 12.7. The topological polar surface area (TPSA) is 32.9 Å². The van der Waals surface area contributed by atoms with E-state index in [1.54, 1.807) is 24.4 Å². The Balaban J connectivity index is 2.18. The Kier molecular flexibility index (Phi) is 3.40. The second-order valence-electron chi connectivity index (χ2n) is 4.69. The van der Waals surface area contributed by atoms with Crippen molar-refractivity contribution in [1.29, 1.82) is 0 Å². The van der Waals surface area contributed by atoms with Gasteiger partial charge in [0.1, 0.15) is 0 Å². The zero-order valence-electron chi connectivity index (χ0n) is 10.7. The summed E-state index contributed by atoms with van der Waals surface area (Å²) in [4.78, 5) is 15.8. The van der Waals surface area contributed by atoms with Gasteiger partial charge in [-0.15, -0.1) is 0 Å². The van der Waals surface area contributed by atoms with Crippen LogP contribution in [0, 0.1) is 6.92 Å². The number of carbonyl (C=O) groups excluding carboxylic acids is 1. The summed E-state index contributed by atoms with van der Waals surface area (Å²) < 4.78 is 0.796. The standard InChI is InChI=1S/C16H11BrClNO/c1-9-3-2-4-14-15(9)13(8-19-14)16(20)10-5-11(17)7-12(18)6-10/h2-8,19H,1H3. The average molecular weight is 349 g/mol. The van der Waals surface area contributed by atoms with Crippen molar-refractivity contribution in [2.24, 2.45) is 0 Å². The number of aromatic nitrogens is 1. The van der Waals surface area contributed by atoms with Crippen molar-refractivity contribution in [2.75, 3.05) is 0 Å². The van der Waals surface area contributed by atoms with Gasteiger partial charge < -0.3 is 4.98 Å². The number of H-pyrrole nitrogens is 1. The summed E-state index contributed by atoms with van der Waals surface area (Å²) in [6, 6.07) is 11.2. The van der Waals surface area contributed by atoms with Crippen LogP contribution in [0.4, 0.5) is 0 Å². The molecule has 0 unspecified atom stereocenters. The van der Waals surface area contributed by atoms with E-state index in [2.05, 4.69) is 20.9 Å². The van der Waals surface area contributed by atoms with Gasteiger partial charge in [0.2, 0.25) is 0 Å². The molecule has 0 aliphatic heterocycles. The summed E-state index contributed by atoms with van der Waals surface area (Å²) in [5.74, 6) is -0.0336. The van der Waals surface area contributed by atoms with Crippen LogP contribution in [-0.4, -0.2) is 10.8 Å². The summed E-state index contributed by atoms with van der Waals surface area (Å²) in [5, 5.41) is 1.51. The second kappa shape index (κ2) is 5.08. The van der Waals surface area contributed by atoms with Crippen LogP contribution in [0.3, 0.4) is 0 Å². The number of hydrogen-bond acceptors (Lipinski definition) is 1. The molecule has 0 amide bonds. The van der Waals surface area contributed by atoms with E-state index < -0.39 is 0 Å². The molecule has 0 bridgehead atoms. The molecule has 3 rings (SSSR count). The predicted octanol–water partition coefficient (Wildman–Crippen LogP) is 5.12. The van der Waals surface area contributed by atoms with Gasteiger partial charge in [-0.3, -0.25) is 4.79 Å². The Bertz CT molecular complexity index is 802. The predicted molar refractivity (Wildman–Crippen MR) is 85.6 cm³/mol. The minimum absolute atomic E-state index is 0.0336. The van der Waals surface area contributed by atoms with E-state index in [0.29, 0.717) is 16.1 Å². The average Bonchev–Trinajstić information content (AvgIpc) is 2.82. The van der Waals surface area contributed by atoms with Gasteiger partial charge in [0, 0.05) is 37.7 Å². The van der Waals surface area contributed by atoms with E-state index in [1.807, 2.05) is 25.1 Å². The fourth-order valence-electron chi connectivity index (χ4n) is 2.39. The van der Waals surface area contributed by atoms with Crippen molar-refractivity contribution in [3.8, 4) is 0 Å². The number of carbonyl (C=O) groups is 1. The molecule has 1 heterocycles. The third-order valence-corrected chi connectivity index (χ3v) is 3.96. The molecule has 0 aliphatic carbocycles. The molecular formula is C16H11BrClNO. The van der Waals surface area contributed by atoms with Crippen LogP contribution >= 0.6 is 27.5 Å². The molecule has 0 fully saturated rings. The van der Waals surface area contributed by atoms with Gasteiger partial charge in [-0.25, -0.2) is 0 Å². The Morgan fingerprint density at radius 2 is 2.05 bits per heavy atom. The van der Waals surface area contributed by atoms with Crippen LogP contribution in [0.2, 0.25) is 5.02 Å². The zero-order valence-corrected chi connectivity index (χ0v) is 13.0. The van der Waals surface area contributed by atoms with Crippen LogP contribution in [-0.2, 0) is 0 Å². The fourth-order valence-corrected chi connectivity index (χ4v) is 3.25. The van der Waals surface area contributed by atoms with Gasteiger partial charge in [0.05, 0.1) is 0 Å². The number of ketones is 1. The molecule has 0 spiro atoms. The molecule has 2 aromatic carbocycles. The van der Waals surface area contributed by atoms with Gasteiger partial charge in [-0.1, -0.05) is 39.7 Å². The lowest BCUT2D eigenvalue weighted by atomic mass is 10.0. The Hall–Kier alpha value is -1.58. The van der Waals surface area contributed by atoms with E-state index >= 15 is 0 Å². The summed E-state index contributed by atoms with van der Waals surface area (Å²) in [6.07, 6.45) is 1.76. The smallest absolute Gasteiger partial charge is 0.195 e. The van der Waals surface area contributed by atoms with Crippen LogP contribution in [0.25, 0.3) is 10.9 Å². The third kappa shape index (κ3) is 2.28. The van der Waals surface area contributed by atoms with E-state index in [0.717, 1.165) is 20.9 Å². The van der Waals surface area contributed by atoms with Gasteiger partial charge in [0.25, 0.3) is 0 Å². The van der Waals surface area contributed by atoms with E-state index in [4.69, 9.17) is 11.6 Å². The largest absolute Gasteiger partial charge is 0.360 e. The van der Waals surface area contributed by atoms with Crippen molar-refractivity contribution in [1.82, 2.24) is 4.98 Å². The minimum Gasteiger partial charge on any atom is -0.360 e. The molecule has 1 aromatic heterocycles.